The van der Waals surface area contributed by atoms with E-state index in [9.17, 15) is 9.59 Å². The molecule has 0 radical (unpaired) electrons. The Morgan fingerprint density at radius 2 is 1.79 bits per heavy atom. The van der Waals surface area contributed by atoms with Crippen molar-refractivity contribution in [3.63, 3.8) is 0 Å². The zero-order valence-electron chi connectivity index (χ0n) is 15.1. The van der Waals surface area contributed by atoms with Gasteiger partial charge in [-0.2, -0.15) is 9.78 Å². The van der Waals surface area contributed by atoms with E-state index in [4.69, 9.17) is 9.15 Å². The van der Waals surface area contributed by atoms with E-state index < -0.39 is 11.7 Å². The Morgan fingerprint density at radius 3 is 2.50 bits per heavy atom. The fourth-order valence-electron chi connectivity index (χ4n) is 2.83. The summed E-state index contributed by atoms with van der Waals surface area (Å²) in [5, 5.41) is 7.51. The number of carbonyl (C=O) groups is 1. The number of para-hydroxylation sites is 1. The summed E-state index contributed by atoms with van der Waals surface area (Å²) in [6, 6.07) is 20.2. The number of anilines is 1. The number of amides is 1. The Morgan fingerprint density at radius 1 is 1.11 bits per heavy atom. The van der Waals surface area contributed by atoms with Gasteiger partial charge in [0.15, 0.2) is 0 Å². The van der Waals surface area contributed by atoms with Gasteiger partial charge in [-0.1, -0.05) is 48.5 Å². The largest absolute Gasteiger partial charge is 0.444 e. The number of nitrogens with one attached hydrogen (secondary N) is 1. The van der Waals surface area contributed by atoms with Crippen molar-refractivity contribution >= 4 is 22.9 Å². The molecule has 7 nitrogen and oxygen atoms in total. The van der Waals surface area contributed by atoms with Gasteiger partial charge in [0.1, 0.15) is 12.3 Å². The molecule has 4 rings (SSSR count). The molecule has 0 spiro atoms. The van der Waals surface area contributed by atoms with E-state index in [1.54, 1.807) is 17.7 Å². The number of rotatable bonds is 4. The summed E-state index contributed by atoms with van der Waals surface area (Å²) < 4.78 is 12.1. The molecule has 0 unspecified atom stereocenters. The standard InChI is InChI=1S/C21H17N3O4/c1-14-17-12-18(22-21(26)27-13-15-8-4-2-5-9-15)20(25)28-19(17)24(23-14)16-10-6-3-7-11-16/h2-12H,13H2,1H3,(H,22,26). The number of benzene rings is 2. The van der Waals surface area contributed by atoms with Crippen LogP contribution in [0.15, 0.2) is 75.9 Å². The molecule has 1 amide bonds. The highest BCUT2D eigenvalue weighted by molar-refractivity contribution is 5.88. The van der Waals surface area contributed by atoms with Gasteiger partial charge >= 0.3 is 11.7 Å². The lowest BCUT2D eigenvalue weighted by Gasteiger charge is -2.06. The second kappa shape index (κ2) is 7.40. The summed E-state index contributed by atoms with van der Waals surface area (Å²) in [5.74, 6) is 0. The number of ether oxygens (including phenoxy) is 1. The highest BCUT2D eigenvalue weighted by Crippen LogP contribution is 2.22. The van der Waals surface area contributed by atoms with E-state index in [1.165, 1.54) is 0 Å². The van der Waals surface area contributed by atoms with Crippen LogP contribution in [0.5, 0.6) is 0 Å². The second-order valence-electron chi connectivity index (χ2n) is 6.19. The number of aromatic nitrogens is 2. The molecule has 2 aromatic heterocycles. The van der Waals surface area contributed by atoms with Gasteiger partial charge in [-0.05, 0) is 30.7 Å². The summed E-state index contributed by atoms with van der Waals surface area (Å²) in [5.41, 5.74) is 1.93. The Hall–Kier alpha value is -3.87. The first-order valence-electron chi connectivity index (χ1n) is 8.68. The van der Waals surface area contributed by atoms with Gasteiger partial charge in [0.05, 0.1) is 16.8 Å². The molecule has 7 heteroatoms. The maximum atomic E-state index is 12.4. The third-order valence-corrected chi connectivity index (χ3v) is 4.21. The van der Waals surface area contributed by atoms with Crippen molar-refractivity contribution in [1.29, 1.82) is 0 Å². The normalized spacial score (nSPS) is 10.8. The summed E-state index contributed by atoms with van der Waals surface area (Å²) in [7, 11) is 0. The lowest BCUT2D eigenvalue weighted by molar-refractivity contribution is 0.155. The number of carbonyl (C=O) groups excluding carboxylic acids is 1. The van der Waals surface area contributed by atoms with Crippen molar-refractivity contribution in [3.8, 4) is 5.69 Å². The lowest BCUT2D eigenvalue weighted by Crippen LogP contribution is -2.18. The fraction of sp³-hybridized carbons (Fsp3) is 0.0952. The Kier molecular flexibility index (Phi) is 4.63. The Balaban J connectivity index is 1.59. The van der Waals surface area contributed by atoms with E-state index >= 15 is 0 Å². The van der Waals surface area contributed by atoms with Gasteiger partial charge in [-0.3, -0.25) is 5.32 Å². The molecule has 140 valence electrons. The van der Waals surface area contributed by atoms with E-state index in [2.05, 4.69) is 10.4 Å². The zero-order valence-corrected chi connectivity index (χ0v) is 15.1. The summed E-state index contributed by atoms with van der Waals surface area (Å²) in [6.07, 6.45) is -0.733. The average Bonchev–Trinajstić information content (AvgIpc) is 3.04. The van der Waals surface area contributed by atoms with E-state index in [-0.39, 0.29) is 12.3 Å². The number of nitrogens with zero attached hydrogens (tertiary/aromatic N) is 2. The van der Waals surface area contributed by atoms with Gasteiger partial charge in [0, 0.05) is 0 Å². The Labute approximate surface area is 160 Å². The summed E-state index contributed by atoms with van der Waals surface area (Å²) in [6.45, 7) is 1.91. The van der Waals surface area contributed by atoms with E-state index in [0.29, 0.717) is 16.8 Å². The fourth-order valence-corrected chi connectivity index (χ4v) is 2.83. The third kappa shape index (κ3) is 3.50. The molecule has 4 aromatic rings. The third-order valence-electron chi connectivity index (χ3n) is 4.21. The van der Waals surface area contributed by atoms with Crippen LogP contribution in [0.2, 0.25) is 0 Å². The molecule has 0 aliphatic rings. The average molecular weight is 375 g/mol. The van der Waals surface area contributed by atoms with Crippen LogP contribution in [0.1, 0.15) is 11.3 Å². The smallest absolute Gasteiger partial charge is 0.412 e. The van der Waals surface area contributed by atoms with Gasteiger partial charge in [-0.15, -0.1) is 0 Å². The quantitative estimate of drug-likeness (QED) is 0.582. The van der Waals surface area contributed by atoms with Gasteiger partial charge in [0.2, 0.25) is 5.71 Å². The molecule has 0 saturated heterocycles. The van der Waals surface area contributed by atoms with Crippen molar-refractivity contribution in [3.05, 3.63) is 88.4 Å². The highest BCUT2D eigenvalue weighted by Gasteiger charge is 2.16. The van der Waals surface area contributed by atoms with Crippen LogP contribution in [-0.2, 0) is 11.3 Å². The lowest BCUT2D eigenvalue weighted by atomic mass is 10.2. The van der Waals surface area contributed by atoms with E-state index in [0.717, 1.165) is 11.3 Å². The SMILES string of the molecule is Cc1nn(-c2ccccc2)c2oc(=O)c(NC(=O)OCc3ccccc3)cc12. The molecule has 0 aliphatic heterocycles. The molecular weight excluding hydrogens is 358 g/mol. The van der Waals surface area contributed by atoms with Crippen LogP contribution in [0.3, 0.4) is 0 Å². The van der Waals surface area contributed by atoms with Crippen LogP contribution in [0.4, 0.5) is 10.5 Å². The first kappa shape index (κ1) is 17.5. The van der Waals surface area contributed by atoms with Crippen LogP contribution in [0, 0.1) is 6.92 Å². The van der Waals surface area contributed by atoms with Gasteiger partial charge in [0.25, 0.3) is 0 Å². The van der Waals surface area contributed by atoms with Crippen molar-refractivity contribution in [2.75, 3.05) is 5.32 Å². The minimum atomic E-state index is -0.733. The molecule has 2 aromatic carbocycles. The molecule has 2 heterocycles. The topological polar surface area (TPSA) is 86.4 Å². The predicted octanol–water partition coefficient (Wildman–Crippen LogP) is 4.04. The number of hydrogen-bond donors (Lipinski definition) is 1. The molecule has 0 atom stereocenters. The van der Waals surface area contributed by atoms with Crippen LogP contribution in [-0.4, -0.2) is 15.9 Å². The maximum absolute atomic E-state index is 12.4. The molecule has 0 aliphatic carbocycles. The molecule has 0 fully saturated rings. The van der Waals surface area contributed by atoms with Crippen molar-refractivity contribution in [2.24, 2.45) is 0 Å². The monoisotopic (exact) mass is 375 g/mol. The minimum absolute atomic E-state index is 0.00118. The first-order valence-corrected chi connectivity index (χ1v) is 8.68. The molecule has 0 saturated carbocycles. The van der Waals surface area contributed by atoms with Crippen LogP contribution >= 0.6 is 0 Å². The number of aryl methyl sites for hydroxylation is 1. The van der Waals surface area contributed by atoms with Gasteiger partial charge in [-0.25, -0.2) is 9.59 Å². The molecule has 0 bridgehead atoms. The molecular formula is C21H17N3O4. The molecule has 1 N–H and O–H groups in total. The van der Waals surface area contributed by atoms with E-state index in [1.807, 2.05) is 60.7 Å². The van der Waals surface area contributed by atoms with Crippen molar-refractivity contribution in [2.45, 2.75) is 13.5 Å². The first-order chi connectivity index (χ1) is 13.6. The number of fused-ring (bicyclic) bond motifs is 1. The Bertz CT molecular complexity index is 1180. The van der Waals surface area contributed by atoms with Crippen molar-refractivity contribution < 1.29 is 13.9 Å². The maximum Gasteiger partial charge on any atom is 0.412 e. The minimum Gasteiger partial charge on any atom is -0.444 e. The summed E-state index contributed by atoms with van der Waals surface area (Å²) >= 11 is 0. The van der Waals surface area contributed by atoms with Gasteiger partial charge < -0.3 is 9.15 Å². The van der Waals surface area contributed by atoms with Crippen LogP contribution < -0.4 is 10.9 Å². The second-order valence-corrected chi connectivity index (χ2v) is 6.19. The summed E-state index contributed by atoms with van der Waals surface area (Å²) in [4.78, 5) is 24.4. The predicted molar refractivity (Wildman–Crippen MR) is 105 cm³/mol. The molecule has 28 heavy (non-hydrogen) atoms. The zero-order chi connectivity index (χ0) is 19.5. The van der Waals surface area contributed by atoms with Crippen molar-refractivity contribution in [1.82, 2.24) is 9.78 Å². The number of hydrogen-bond acceptors (Lipinski definition) is 5. The highest BCUT2D eigenvalue weighted by atomic mass is 16.5. The van der Waals surface area contributed by atoms with Crippen LogP contribution in [0.25, 0.3) is 16.8 Å².